The van der Waals surface area contributed by atoms with Crippen molar-refractivity contribution in [1.29, 1.82) is 0 Å². The summed E-state index contributed by atoms with van der Waals surface area (Å²) in [7, 11) is 0. The first-order chi connectivity index (χ1) is 7.46. The second-order valence-electron chi connectivity index (χ2n) is 3.63. The average molecular weight is 372 g/mol. The maximum absolute atomic E-state index is 11.9. The molecular weight excluding hydrogens is 360 g/mol. The molecule has 4 nitrogen and oxygen atoms in total. The molecule has 1 saturated heterocycles. The third-order valence-electron chi connectivity index (χ3n) is 2.66. The first-order valence-corrected chi connectivity index (χ1v) is 7.27. The summed E-state index contributed by atoms with van der Waals surface area (Å²) in [6.45, 7) is 1.82. The van der Waals surface area contributed by atoms with Gasteiger partial charge >= 0.3 is 0 Å². The molecule has 90 valence electrons. The van der Waals surface area contributed by atoms with Gasteiger partial charge in [0.15, 0.2) is 5.11 Å². The van der Waals surface area contributed by atoms with E-state index in [1.165, 1.54) is 0 Å². The molecule has 1 aliphatic heterocycles. The summed E-state index contributed by atoms with van der Waals surface area (Å²) < 4.78 is 0. The number of rotatable bonds is 4. The number of carbonyl (C=O) groups is 2. The van der Waals surface area contributed by atoms with Gasteiger partial charge in [0.2, 0.25) is 11.8 Å². The molecule has 1 heterocycles. The highest BCUT2D eigenvalue weighted by Gasteiger charge is 2.48. The summed E-state index contributed by atoms with van der Waals surface area (Å²) in [4.78, 5) is 23.9. The van der Waals surface area contributed by atoms with Crippen LogP contribution >= 0.6 is 44.1 Å². The van der Waals surface area contributed by atoms with Crippen molar-refractivity contribution in [3.05, 3.63) is 0 Å². The van der Waals surface area contributed by atoms with Crippen LogP contribution in [0.5, 0.6) is 0 Å². The van der Waals surface area contributed by atoms with Gasteiger partial charge in [0, 0.05) is 10.2 Å². The Balaban J connectivity index is 2.96. The van der Waals surface area contributed by atoms with Crippen molar-refractivity contribution in [2.45, 2.75) is 24.6 Å². The summed E-state index contributed by atoms with van der Waals surface area (Å²) in [5.41, 5.74) is -1.02. The van der Waals surface area contributed by atoms with Gasteiger partial charge in [-0.05, 0) is 25.1 Å². The van der Waals surface area contributed by atoms with Gasteiger partial charge < -0.3 is 10.6 Å². The summed E-state index contributed by atoms with van der Waals surface area (Å²) in [5, 5.41) is 5.78. The van der Waals surface area contributed by atoms with Crippen molar-refractivity contribution < 1.29 is 9.59 Å². The standard InChI is InChI=1S/C9H12Br2N2O2S/c1-2-9(3-5(11)4-10)6(14)12-8(16)13-7(9)15/h5H,2-4H2,1H3,(H2,12,13,14,15,16). The normalized spacial score (nSPS) is 21.3. The van der Waals surface area contributed by atoms with Crippen LogP contribution < -0.4 is 10.6 Å². The van der Waals surface area contributed by atoms with E-state index in [-0.39, 0.29) is 21.8 Å². The average Bonchev–Trinajstić information content (AvgIpc) is 2.23. The Morgan fingerprint density at radius 2 is 1.88 bits per heavy atom. The third kappa shape index (κ3) is 2.62. The molecule has 0 spiro atoms. The number of thiocarbonyl (C=S) groups is 1. The van der Waals surface area contributed by atoms with Crippen LogP contribution in [0.2, 0.25) is 0 Å². The molecule has 7 heteroatoms. The summed E-state index contributed by atoms with van der Waals surface area (Å²) in [5.74, 6) is -0.622. The maximum Gasteiger partial charge on any atom is 0.241 e. The van der Waals surface area contributed by atoms with Gasteiger partial charge in [-0.1, -0.05) is 38.8 Å². The van der Waals surface area contributed by atoms with Gasteiger partial charge in [-0.2, -0.15) is 0 Å². The van der Waals surface area contributed by atoms with Crippen LogP contribution in [0.25, 0.3) is 0 Å². The first kappa shape index (κ1) is 14.1. The van der Waals surface area contributed by atoms with Gasteiger partial charge in [0.1, 0.15) is 5.41 Å². The minimum Gasteiger partial charge on any atom is -0.302 e. The number of halogens is 2. The van der Waals surface area contributed by atoms with Crippen LogP contribution in [0, 0.1) is 5.41 Å². The molecule has 0 bridgehead atoms. The Hall–Kier alpha value is -0.0100. The smallest absolute Gasteiger partial charge is 0.241 e. The molecule has 2 amide bonds. The van der Waals surface area contributed by atoms with Crippen molar-refractivity contribution in [2.24, 2.45) is 5.41 Å². The van der Waals surface area contributed by atoms with Crippen LogP contribution in [0.1, 0.15) is 19.8 Å². The van der Waals surface area contributed by atoms with E-state index >= 15 is 0 Å². The Kier molecular flexibility index (Phi) is 4.88. The van der Waals surface area contributed by atoms with Crippen LogP contribution in [-0.2, 0) is 9.59 Å². The molecular formula is C9H12Br2N2O2S. The Labute approximate surface area is 116 Å². The number of hydrogen-bond donors (Lipinski definition) is 2. The second-order valence-corrected chi connectivity index (χ2v) is 5.98. The fourth-order valence-electron chi connectivity index (χ4n) is 1.66. The summed E-state index contributed by atoms with van der Waals surface area (Å²) >= 11 is 11.5. The van der Waals surface area contributed by atoms with E-state index in [0.29, 0.717) is 18.2 Å². The fourth-order valence-corrected chi connectivity index (χ4v) is 2.63. The molecule has 0 aromatic heterocycles. The quantitative estimate of drug-likeness (QED) is 0.447. The van der Waals surface area contributed by atoms with E-state index in [1.54, 1.807) is 0 Å². The number of alkyl halides is 2. The van der Waals surface area contributed by atoms with Crippen molar-refractivity contribution in [3.8, 4) is 0 Å². The Morgan fingerprint density at radius 1 is 1.38 bits per heavy atom. The Bertz CT molecular complexity index is 315. The van der Waals surface area contributed by atoms with Gasteiger partial charge in [0.05, 0.1) is 0 Å². The van der Waals surface area contributed by atoms with Gasteiger partial charge in [-0.25, -0.2) is 0 Å². The molecule has 1 fully saturated rings. The third-order valence-corrected chi connectivity index (χ3v) is 5.17. The highest BCUT2D eigenvalue weighted by molar-refractivity contribution is 9.12. The maximum atomic E-state index is 11.9. The minimum absolute atomic E-state index is 0.0654. The van der Waals surface area contributed by atoms with Crippen molar-refractivity contribution >= 4 is 61.0 Å². The molecule has 0 radical (unpaired) electrons. The predicted molar refractivity (Wildman–Crippen MR) is 72.7 cm³/mol. The zero-order valence-corrected chi connectivity index (χ0v) is 12.7. The van der Waals surface area contributed by atoms with E-state index in [0.717, 1.165) is 0 Å². The van der Waals surface area contributed by atoms with Crippen LogP contribution in [0.4, 0.5) is 0 Å². The van der Waals surface area contributed by atoms with E-state index in [9.17, 15) is 9.59 Å². The van der Waals surface area contributed by atoms with E-state index in [4.69, 9.17) is 12.2 Å². The Morgan fingerprint density at radius 3 is 2.25 bits per heavy atom. The van der Waals surface area contributed by atoms with Crippen molar-refractivity contribution in [2.75, 3.05) is 5.33 Å². The van der Waals surface area contributed by atoms with Crippen molar-refractivity contribution in [3.63, 3.8) is 0 Å². The molecule has 2 N–H and O–H groups in total. The topological polar surface area (TPSA) is 58.2 Å². The molecule has 1 atom stereocenters. The number of carbonyl (C=O) groups excluding carboxylic acids is 2. The number of nitrogens with one attached hydrogen (secondary N) is 2. The zero-order chi connectivity index (χ0) is 12.3. The monoisotopic (exact) mass is 370 g/mol. The lowest BCUT2D eigenvalue weighted by molar-refractivity contribution is -0.144. The molecule has 0 saturated carbocycles. The van der Waals surface area contributed by atoms with Crippen LogP contribution in [0.15, 0.2) is 0 Å². The van der Waals surface area contributed by atoms with E-state index in [1.807, 2.05) is 6.92 Å². The number of amides is 2. The molecule has 0 aromatic rings. The lowest BCUT2D eigenvalue weighted by Crippen LogP contribution is -2.62. The molecule has 1 aliphatic rings. The van der Waals surface area contributed by atoms with Gasteiger partial charge in [-0.3, -0.25) is 9.59 Å². The van der Waals surface area contributed by atoms with E-state index < -0.39 is 5.41 Å². The van der Waals surface area contributed by atoms with Crippen molar-refractivity contribution in [1.82, 2.24) is 10.6 Å². The minimum atomic E-state index is -1.02. The first-order valence-electron chi connectivity index (χ1n) is 4.83. The molecule has 0 aromatic carbocycles. The largest absolute Gasteiger partial charge is 0.302 e. The van der Waals surface area contributed by atoms with E-state index in [2.05, 4.69) is 42.5 Å². The SMILES string of the molecule is CCC1(CC(Br)CBr)C(=O)NC(=S)NC1=O. The highest BCUT2D eigenvalue weighted by Crippen LogP contribution is 2.33. The molecule has 0 aliphatic carbocycles. The van der Waals surface area contributed by atoms with Gasteiger partial charge in [-0.15, -0.1) is 0 Å². The molecule has 1 unspecified atom stereocenters. The number of hydrogen-bond acceptors (Lipinski definition) is 3. The summed E-state index contributed by atoms with van der Waals surface area (Å²) in [6.07, 6.45) is 0.886. The predicted octanol–water partition coefficient (Wildman–Crippen LogP) is 1.46. The van der Waals surface area contributed by atoms with Gasteiger partial charge in [0.25, 0.3) is 0 Å². The fraction of sp³-hybridized carbons (Fsp3) is 0.667. The van der Waals surface area contributed by atoms with Crippen LogP contribution in [0.3, 0.4) is 0 Å². The molecule has 1 rings (SSSR count). The lowest BCUT2D eigenvalue weighted by Gasteiger charge is -2.35. The second kappa shape index (κ2) is 5.55. The zero-order valence-electron chi connectivity index (χ0n) is 8.68. The molecule has 16 heavy (non-hydrogen) atoms. The summed E-state index contributed by atoms with van der Waals surface area (Å²) in [6, 6.07) is 0. The lowest BCUT2D eigenvalue weighted by atomic mass is 9.78. The highest BCUT2D eigenvalue weighted by atomic mass is 79.9. The van der Waals surface area contributed by atoms with Crippen LogP contribution in [-0.4, -0.2) is 27.1 Å².